The van der Waals surface area contributed by atoms with Crippen LogP contribution < -0.4 is 10.9 Å². The molecule has 1 amide bonds. The number of carbonyl (C=O) groups is 1. The Bertz CT molecular complexity index is 1060. The lowest BCUT2D eigenvalue weighted by Gasteiger charge is -2.08. The summed E-state index contributed by atoms with van der Waals surface area (Å²) >= 11 is 3.38. The van der Waals surface area contributed by atoms with Crippen molar-refractivity contribution in [2.45, 2.75) is 6.54 Å². The average molecular weight is 429 g/mol. The SMILES string of the molecule is O=C(Cn1nc(-c2cccc(Br)c2)ccc1=O)Nc1ccc([N+](=O)[O-])cc1. The molecule has 0 aliphatic heterocycles. The molecule has 0 aliphatic carbocycles. The highest BCUT2D eigenvalue weighted by Gasteiger charge is 2.10. The van der Waals surface area contributed by atoms with Crippen molar-refractivity contribution in [3.05, 3.63) is 85.6 Å². The van der Waals surface area contributed by atoms with Gasteiger partial charge in [-0.25, -0.2) is 4.68 Å². The van der Waals surface area contributed by atoms with Gasteiger partial charge in [0.15, 0.2) is 0 Å². The van der Waals surface area contributed by atoms with E-state index in [0.29, 0.717) is 11.4 Å². The van der Waals surface area contributed by atoms with Crippen molar-refractivity contribution in [3.63, 3.8) is 0 Å². The normalized spacial score (nSPS) is 10.4. The van der Waals surface area contributed by atoms with E-state index in [2.05, 4.69) is 26.3 Å². The third-order valence-electron chi connectivity index (χ3n) is 3.64. The summed E-state index contributed by atoms with van der Waals surface area (Å²) < 4.78 is 1.94. The summed E-state index contributed by atoms with van der Waals surface area (Å²) in [5.74, 6) is -0.468. The lowest BCUT2D eigenvalue weighted by Crippen LogP contribution is -2.29. The molecule has 0 unspecified atom stereocenters. The van der Waals surface area contributed by atoms with E-state index in [9.17, 15) is 19.7 Å². The predicted octanol–water partition coefficient (Wildman–Crippen LogP) is 3.22. The minimum atomic E-state index is -0.525. The second kappa shape index (κ2) is 7.92. The first-order valence-electron chi connectivity index (χ1n) is 7.81. The lowest BCUT2D eigenvalue weighted by molar-refractivity contribution is -0.384. The second-order valence-corrected chi connectivity index (χ2v) is 6.49. The van der Waals surface area contributed by atoms with E-state index < -0.39 is 16.4 Å². The highest BCUT2D eigenvalue weighted by molar-refractivity contribution is 9.10. The molecule has 2 aromatic carbocycles. The molecule has 3 rings (SSSR count). The fourth-order valence-corrected chi connectivity index (χ4v) is 2.77. The van der Waals surface area contributed by atoms with Crippen LogP contribution in [-0.2, 0) is 11.3 Å². The van der Waals surface area contributed by atoms with Gasteiger partial charge in [0.2, 0.25) is 5.91 Å². The van der Waals surface area contributed by atoms with Gasteiger partial charge in [-0.05, 0) is 30.3 Å². The third kappa shape index (κ3) is 4.64. The number of nitrogens with one attached hydrogen (secondary N) is 1. The Morgan fingerprint density at radius 1 is 1.15 bits per heavy atom. The zero-order valence-corrected chi connectivity index (χ0v) is 15.4. The smallest absolute Gasteiger partial charge is 0.269 e. The fourth-order valence-electron chi connectivity index (χ4n) is 2.37. The molecule has 3 aromatic rings. The van der Waals surface area contributed by atoms with Gasteiger partial charge in [-0.1, -0.05) is 28.1 Å². The van der Waals surface area contributed by atoms with Crippen LogP contribution in [0.5, 0.6) is 0 Å². The minimum absolute atomic E-state index is 0.0763. The molecule has 0 aliphatic rings. The minimum Gasteiger partial charge on any atom is -0.324 e. The van der Waals surface area contributed by atoms with Gasteiger partial charge in [0, 0.05) is 33.9 Å². The summed E-state index contributed by atoms with van der Waals surface area (Å²) in [6.07, 6.45) is 0. The van der Waals surface area contributed by atoms with E-state index in [-0.39, 0.29) is 12.2 Å². The number of rotatable bonds is 5. The van der Waals surface area contributed by atoms with Crippen LogP contribution in [0.25, 0.3) is 11.3 Å². The van der Waals surface area contributed by atoms with Crippen LogP contribution in [0.15, 0.2) is 69.9 Å². The number of carbonyl (C=O) groups excluding carboxylic acids is 1. The molecular formula is C18H13BrN4O4. The van der Waals surface area contributed by atoms with Gasteiger partial charge < -0.3 is 5.32 Å². The van der Waals surface area contributed by atoms with Crippen LogP contribution in [0.4, 0.5) is 11.4 Å². The number of anilines is 1. The fraction of sp³-hybridized carbons (Fsp3) is 0.0556. The quantitative estimate of drug-likeness (QED) is 0.495. The summed E-state index contributed by atoms with van der Waals surface area (Å²) in [6.45, 7) is -0.280. The first-order chi connectivity index (χ1) is 12.9. The molecular weight excluding hydrogens is 416 g/mol. The molecule has 0 radical (unpaired) electrons. The van der Waals surface area contributed by atoms with Crippen LogP contribution in [0, 0.1) is 10.1 Å². The molecule has 27 heavy (non-hydrogen) atoms. The van der Waals surface area contributed by atoms with E-state index in [1.165, 1.54) is 30.3 Å². The molecule has 0 fully saturated rings. The molecule has 8 nitrogen and oxygen atoms in total. The third-order valence-corrected chi connectivity index (χ3v) is 4.14. The number of nitro benzene ring substituents is 1. The van der Waals surface area contributed by atoms with Crippen molar-refractivity contribution in [2.24, 2.45) is 0 Å². The first-order valence-corrected chi connectivity index (χ1v) is 8.60. The zero-order valence-electron chi connectivity index (χ0n) is 13.8. The lowest BCUT2D eigenvalue weighted by atomic mass is 10.1. The van der Waals surface area contributed by atoms with Crippen molar-refractivity contribution >= 4 is 33.2 Å². The molecule has 136 valence electrons. The maximum atomic E-state index is 12.2. The van der Waals surface area contributed by atoms with Crippen molar-refractivity contribution in [1.82, 2.24) is 9.78 Å². The Morgan fingerprint density at radius 3 is 2.56 bits per heavy atom. The zero-order chi connectivity index (χ0) is 19.4. The van der Waals surface area contributed by atoms with Gasteiger partial charge >= 0.3 is 0 Å². The first kappa shape index (κ1) is 18.5. The van der Waals surface area contributed by atoms with E-state index in [4.69, 9.17) is 0 Å². The summed E-state index contributed by atoms with van der Waals surface area (Å²) in [6, 6.07) is 15.8. The average Bonchev–Trinajstić information content (AvgIpc) is 2.64. The van der Waals surface area contributed by atoms with Gasteiger partial charge in [0.25, 0.3) is 11.2 Å². The molecule has 0 bridgehead atoms. The van der Waals surface area contributed by atoms with E-state index in [0.717, 1.165) is 14.7 Å². The number of nitrogens with zero attached hydrogens (tertiary/aromatic N) is 3. The topological polar surface area (TPSA) is 107 Å². The number of nitro groups is 1. The van der Waals surface area contributed by atoms with Gasteiger partial charge in [-0.3, -0.25) is 19.7 Å². The standard InChI is InChI=1S/C18H13BrN4O4/c19-13-3-1-2-12(10-13)16-8-9-18(25)22(21-16)11-17(24)20-14-4-6-15(7-5-14)23(26)27/h1-10H,11H2,(H,20,24). The molecule has 0 atom stereocenters. The summed E-state index contributed by atoms with van der Waals surface area (Å²) in [5.41, 5.74) is 1.26. The molecule has 1 aromatic heterocycles. The van der Waals surface area contributed by atoms with Crippen molar-refractivity contribution in [3.8, 4) is 11.3 Å². The highest BCUT2D eigenvalue weighted by atomic mass is 79.9. The summed E-state index contributed by atoms with van der Waals surface area (Å²) in [7, 11) is 0. The van der Waals surface area contributed by atoms with Crippen LogP contribution >= 0.6 is 15.9 Å². The Morgan fingerprint density at radius 2 is 1.89 bits per heavy atom. The predicted molar refractivity (Wildman–Crippen MR) is 103 cm³/mol. The van der Waals surface area contributed by atoms with Gasteiger partial charge in [0.05, 0.1) is 10.6 Å². The van der Waals surface area contributed by atoms with Gasteiger partial charge in [-0.15, -0.1) is 0 Å². The molecule has 9 heteroatoms. The van der Waals surface area contributed by atoms with Crippen LogP contribution in [-0.4, -0.2) is 20.6 Å². The number of hydrogen-bond donors (Lipinski definition) is 1. The van der Waals surface area contributed by atoms with E-state index in [1.54, 1.807) is 6.07 Å². The van der Waals surface area contributed by atoms with Gasteiger partial charge in [0.1, 0.15) is 6.54 Å². The van der Waals surface area contributed by atoms with E-state index >= 15 is 0 Å². The Hall–Kier alpha value is -3.33. The number of aromatic nitrogens is 2. The van der Waals surface area contributed by atoms with Crippen LogP contribution in [0.2, 0.25) is 0 Å². The monoisotopic (exact) mass is 428 g/mol. The molecule has 1 heterocycles. The Kier molecular flexibility index (Phi) is 5.41. The summed E-state index contributed by atoms with van der Waals surface area (Å²) in [4.78, 5) is 34.3. The molecule has 0 saturated carbocycles. The maximum absolute atomic E-state index is 12.2. The number of amides is 1. The number of benzene rings is 2. The van der Waals surface area contributed by atoms with Gasteiger partial charge in [-0.2, -0.15) is 5.10 Å². The van der Waals surface area contributed by atoms with Crippen molar-refractivity contribution < 1.29 is 9.72 Å². The number of halogens is 1. The summed E-state index contributed by atoms with van der Waals surface area (Å²) in [5, 5.41) is 17.5. The molecule has 1 N–H and O–H groups in total. The van der Waals surface area contributed by atoms with Crippen molar-refractivity contribution in [2.75, 3.05) is 5.32 Å². The Labute approximate surface area is 161 Å². The van der Waals surface area contributed by atoms with E-state index in [1.807, 2.05) is 24.3 Å². The van der Waals surface area contributed by atoms with Crippen molar-refractivity contribution in [1.29, 1.82) is 0 Å². The number of hydrogen-bond acceptors (Lipinski definition) is 5. The Balaban J connectivity index is 1.76. The van der Waals surface area contributed by atoms with Crippen LogP contribution in [0.3, 0.4) is 0 Å². The largest absolute Gasteiger partial charge is 0.324 e. The number of non-ortho nitro benzene ring substituents is 1. The maximum Gasteiger partial charge on any atom is 0.269 e. The molecule has 0 spiro atoms. The highest BCUT2D eigenvalue weighted by Crippen LogP contribution is 2.20. The molecule has 0 saturated heterocycles. The van der Waals surface area contributed by atoms with Crippen LogP contribution in [0.1, 0.15) is 0 Å². The second-order valence-electron chi connectivity index (χ2n) is 5.58.